The van der Waals surface area contributed by atoms with Gasteiger partial charge in [0, 0.05) is 6.04 Å². The Balaban J connectivity index is 2.03. The molecule has 0 heterocycles. The van der Waals surface area contributed by atoms with E-state index in [4.69, 9.17) is 5.26 Å². The highest BCUT2D eigenvalue weighted by Crippen LogP contribution is 2.24. The quantitative estimate of drug-likeness (QED) is 0.710. The fourth-order valence-electron chi connectivity index (χ4n) is 2.67. The summed E-state index contributed by atoms with van der Waals surface area (Å²) in [6, 6.07) is 3.12. The zero-order chi connectivity index (χ0) is 12.7. The van der Waals surface area contributed by atoms with Crippen molar-refractivity contribution in [3.8, 4) is 6.07 Å². The van der Waals surface area contributed by atoms with Crippen molar-refractivity contribution < 1.29 is 0 Å². The van der Waals surface area contributed by atoms with Crippen LogP contribution < -0.4 is 5.32 Å². The molecule has 0 amide bonds. The monoisotopic (exact) mass is 236 g/mol. The van der Waals surface area contributed by atoms with Crippen LogP contribution >= 0.6 is 0 Å². The second-order valence-electron chi connectivity index (χ2n) is 6.38. The number of nitrogens with one attached hydrogen (secondary N) is 1. The van der Waals surface area contributed by atoms with Crippen LogP contribution in [0.15, 0.2) is 0 Å². The second-order valence-corrected chi connectivity index (χ2v) is 6.38. The van der Waals surface area contributed by atoms with Gasteiger partial charge in [0.1, 0.15) is 0 Å². The van der Waals surface area contributed by atoms with Gasteiger partial charge in [-0.3, -0.25) is 0 Å². The number of hydrogen-bond acceptors (Lipinski definition) is 2. The van der Waals surface area contributed by atoms with E-state index >= 15 is 0 Å². The van der Waals surface area contributed by atoms with Crippen molar-refractivity contribution in [1.82, 2.24) is 5.32 Å². The van der Waals surface area contributed by atoms with Crippen LogP contribution in [0.2, 0.25) is 0 Å². The first-order valence-electron chi connectivity index (χ1n) is 7.18. The molecule has 0 bridgehead atoms. The molecule has 0 aromatic heterocycles. The van der Waals surface area contributed by atoms with Crippen LogP contribution in [0.5, 0.6) is 0 Å². The highest BCUT2D eigenvalue weighted by Gasteiger charge is 2.18. The molecule has 1 aliphatic carbocycles. The summed E-state index contributed by atoms with van der Waals surface area (Å²) in [6.07, 6.45) is 8.89. The number of rotatable bonds is 6. The molecular weight excluding hydrogens is 208 g/mol. The Hall–Kier alpha value is -0.550. The first kappa shape index (κ1) is 14.5. The second kappa shape index (κ2) is 7.01. The molecule has 2 unspecified atom stereocenters. The molecule has 17 heavy (non-hydrogen) atoms. The van der Waals surface area contributed by atoms with Gasteiger partial charge in [-0.2, -0.15) is 5.26 Å². The van der Waals surface area contributed by atoms with Crippen LogP contribution in [0.3, 0.4) is 0 Å². The highest BCUT2D eigenvalue weighted by atomic mass is 14.9. The standard InChI is InChI=1S/C15H28N2/c1-13-7-6-8-14(11-13)17-10-5-4-9-15(2,3)12-16/h13-14,17H,4-11H2,1-3H3. The van der Waals surface area contributed by atoms with Gasteiger partial charge in [-0.15, -0.1) is 0 Å². The fourth-order valence-corrected chi connectivity index (χ4v) is 2.67. The van der Waals surface area contributed by atoms with E-state index in [1.165, 1.54) is 32.1 Å². The van der Waals surface area contributed by atoms with Gasteiger partial charge in [-0.05, 0) is 52.0 Å². The fraction of sp³-hybridized carbons (Fsp3) is 0.933. The molecule has 1 aliphatic rings. The van der Waals surface area contributed by atoms with Gasteiger partial charge in [0.2, 0.25) is 0 Å². The van der Waals surface area contributed by atoms with Crippen LogP contribution in [0.25, 0.3) is 0 Å². The molecule has 1 saturated carbocycles. The van der Waals surface area contributed by atoms with Crippen molar-refractivity contribution in [3.05, 3.63) is 0 Å². The van der Waals surface area contributed by atoms with Crippen LogP contribution in [0, 0.1) is 22.7 Å². The van der Waals surface area contributed by atoms with Gasteiger partial charge < -0.3 is 5.32 Å². The zero-order valence-corrected chi connectivity index (χ0v) is 11.8. The predicted octanol–water partition coefficient (Wildman–Crippen LogP) is 3.87. The smallest absolute Gasteiger partial charge is 0.0683 e. The van der Waals surface area contributed by atoms with Gasteiger partial charge >= 0.3 is 0 Å². The molecule has 0 aromatic rings. The van der Waals surface area contributed by atoms with Crippen molar-refractivity contribution in [1.29, 1.82) is 5.26 Å². The molecule has 0 spiro atoms. The Morgan fingerprint density at radius 2 is 2.06 bits per heavy atom. The maximum absolute atomic E-state index is 8.92. The molecular formula is C15H28N2. The Morgan fingerprint density at radius 1 is 1.29 bits per heavy atom. The zero-order valence-electron chi connectivity index (χ0n) is 11.8. The van der Waals surface area contributed by atoms with Crippen molar-refractivity contribution >= 4 is 0 Å². The summed E-state index contributed by atoms with van der Waals surface area (Å²) in [5.74, 6) is 0.902. The summed E-state index contributed by atoms with van der Waals surface area (Å²) in [5.41, 5.74) is -0.140. The lowest BCUT2D eigenvalue weighted by molar-refractivity contribution is 0.298. The Kier molecular flexibility index (Phi) is 5.98. The maximum atomic E-state index is 8.92. The van der Waals surface area contributed by atoms with Crippen molar-refractivity contribution in [2.24, 2.45) is 11.3 Å². The summed E-state index contributed by atoms with van der Waals surface area (Å²) < 4.78 is 0. The maximum Gasteiger partial charge on any atom is 0.0683 e. The van der Waals surface area contributed by atoms with Gasteiger partial charge in [0.25, 0.3) is 0 Å². The topological polar surface area (TPSA) is 35.8 Å². The average molecular weight is 236 g/mol. The Bertz CT molecular complexity index is 252. The first-order valence-corrected chi connectivity index (χ1v) is 7.18. The van der Waals surface area contributed by atoms with Crippen LogP contribution in [-0.2, 0) is 0 Å². The lowest BCUT2D eigenvalue weighted by Gasteiger charge is -2.27. The van der Waals surface area contributed by atoms with Crippen LogP contribution in [-0.4, -0.2) is 12.6 Å². The average Bonchev–Trinajstić information content (AvgIpc) is 2.29. The molecule has 98 valence electrons. The molecule has 2 heteroatoms. The molecule has 0 saturated heterocycles. The van der Waals surface area contributed by atoms with E-state index in [1.54, 1.807) is 0 Å². The SMILES string of the molecule is CC1CCCC(NCCCCC(C)(C)C#N)C1. The number of unbranched alkanes of at least 4 members (excludes halogenated alkanes) is 1. The predicted molar refractivity (Wildman–Crippen MR) is 72.7 cm³/mol. The molecule has 0 radical (unpaired) electrons. The van der Waals surface area contributed by atoms with E-state index in [0.717, 1.165) is 31.3 Å². The van der Waals surface area contributed by atoms with E-state index in [2.05, 4.69) is 18.3 Å². The summed E-state index contributed by atoms with van der Waals surface area (Å²) in [5, 5.41) is 12.6. The molecule has 0 aliphatic heterocycles. The molecule has 1 fully saturated rings. The van der Waals surface area contributed by atoms with Crippen LogP contribution in [0.4, 0.5) is 0 Å². The Labute approximate surface area is 107 Å². The lowest BCUT2D eigenvalue weighted by Crippen LogP contribution is -2.34. The molecule has 1 N–H and O–H groups in total. The van der Waals surface area contributed by atoms with E-state index in [1.807, 2.05) is 13.8 Å². The third-order valence-electron chi connectivity index (χ3n) is 3.90. The molecule has 2 nitrogen and oxygen atoms in total. The molecule has 0 aromatic carbocycles. The molecule has 1 rings (SSSR count). The number of nitrogens with zero attached hydrogens (tertiary/aromatic N) is 1. The van der Waals surface area contributed by atoms with Crippen molar-refractivity contribution in [2.75, 3.05) is 6.54 Å². The lowest BCUT2D eigenvalue weighted by atomic mass is 9.87. The minimum atomic E-state index is -0.140. The minimum Gasteiger partial charge on any atom is -0.314 e. The summed E-state index contributed by atoms with van der Waals surface area (Å²) in [7, 11) is 0. The summed E-state index contributed by atoms with van der Waals surface area (Å²) >= 11 is 0. The third kappa shape index (κ3) is 6.07. The number of nitriles is 1. The van der Waals surface area contributed by atoms with E-state index in [0.29, 0.717) is 0 Å². The van der Waals surface area contributed by atoms with Gasteiger partial charge in [0.15, 0.2) is 0 Å². The minimum absolute atomic E-state index is 0.140. The van der Waals surface area contributed by atoms with Gasteiger partial charge in [0.05, 0.1) is 11.5 Å². The van der Waals surface area contributed by atoms with Crippen LogP contribution in [0.1, 0.15) is 65.7 Å². The summed E-state index contributed by atoms with van der Waals surface area (Å²) in [6.45, 7) is 7.55. The van der Waals surface area contributed by atoms with Gasteiger partial charge in [-0.25, -0.2) is 0 Å². The summed E-state index contributed by atoms with van der Waals surface area (Å²) in [4.78, 5) is 0. The third-order valence-corrected chi connectivity index (χ3v) is 3.90. The van der Waals surface area contributed by atoms with E-state index < -0.39 is 0 Å². The Morgan fingerprint density at radius 3 is 2.71 bits per heavy atom. The normalized spacial score (nSPS) is 25.5. The van der Waals surface area contributed by atoms with Crippen molar-refractivity contribution in [3.63, 3.8) is 0 Å². The van der Waals surface area contributed by atoms with E-state index in [-0.39, 0.29) is 5.41 Å². The first-order chi connectivity index (χ1) is 8.03. The number of hydrogen-bond donors (Lipinski definition) is 1. The van der Waals surface area contributed by atoms with Crippen molar-refractivity contribution in [2.45, 2.75) is 71.8 Å². The molecule has 2 atom stereocenters. The highest BCUT2D eigenvalue weighted by molar-refractivity contribution is 4.91. The van der Waals surface area contributed by atoms with Gasteiger partial charge in [-0.1, -0.05) is 26.2 Å². The van der Waals surface area contributed by atoms with E-state index in [9.17, 15) is 0 Å². The largest absolute Gasteiger partial charge is 0.314 e.